The predicted molar refractivity (Wildman–Crippen MR) is 55.7 cm³/mol. The van der Waals surface area contributed by atoms with Crippen molar-refractivity contribution < 1.29 is 0 Å². The Kier molecular flexibility index (Phi) is 3.08. The molecule has 0 aliphatic carbocycles. The first kappa shape index (κ1) is 9.01. The number of piperidine rings is 2. The van der Waals surface area contributed by atoms with Gasteiger partial charge >= 0.3 is 0 Å². The van der Waals surface area contributed by atoms with Crippen molar-refractivity contribution in [3.8, 4) is 0 Å². The van der Waals surface area contributed by atoms with Crippen molar-refractivity contribution in [2.24, 2.45) is 5.92 Å². The van der Waals surface area contributed by atoms with E-state index in [1.54, 1.807) is 0 Å². The molecule has 0 aromatic carbocycles. The van der Waals surface area contributed by atoms with Gasteiger partial charge in [0.2, 0.25) is 0 Å². The van der Waals surface area contributed by atoms with Crippen molar-refractivity contribution in [3.05, 3.63) is 0 Å². The number of rotatable bonds is 1. The van der Waals surface area contributed by atoms with Gasteiger partial charge in [-0.15, -0.1) is 0 Å². The van der Waals surface area contributed by atoms with Gasteiger partial charge in [0.15, 0.2) is 0 Å². The van der Waals surface area contributed by atoms with Crippen LogP contribution in [0.3, 0.4) is 0 Å². The van der Waals surface area contributed by atoms with Crippen LogP contribution in [0.5, 0.6) is 0 Å². The minimum atomic E-state index is 0.923. The largest absolute Gasteiger partial charge is 0.300 e. The van der Waals surface area contributed by atoms with Gasteiger partial charge in [-0.05, 0) is 44.7 Å². The lowest BCUT2D eigenvalue weighted by atomic mass is 9.85. The second kappa shape index (κ2) is 4.10. The minimum absolute atomic E-state index is 0.923. The first-order valence-electron chi connectivity index (χ1n) is 5.22. The molecule has 70 valence electrons. The lowest BCUT2D eigenvalue weighted by Gasteiger charge is -2.43. The SMILES string of the molecule is BrC[C@@H]1CCCN2CCCCC12. The molecule has 0 bridgehead atoms. The van der Waals surface area contributed by atoms with E-state index in [1.807, 2.05) is 0 Å². The molecule has 12 heavy (non-hydrogen) atoms. The lowest BCUT2D eigenvalue weighted by molar-refractivity contribution is 0.0698. The molecular weight excluding hydrogens is 214 g/mol. The van der Waals surface area contributed by atoms with E-state index in [4.69, 9.17) is 0 Å². The number of alkyl halides is 1. The molecule has 1 nitrogen and oxygen atoms in total. The van der Waals surface area contributed by atoms with Crippen molar-refractivity contribution in [1.82, 2.24) is 4.90 Å². The summed E-state index contributed by atoms with van der Waals surface area (Å²) in [5, 5.41) is 1.22. The fourth-order valence-corrected chi connectivity index (χ4v) is 3.51. The molecule has 0 radical (unpaired) electrons. The highest BCUT2D eigenvalue weighted by Crippen LogP contribution is 2.31. The van der Waals surface area contributed by atoms with Gasteiger partial charge < -0.3 is 4.90 Å². The molecule has 2 heterocycles. The van der Waals surface area contributed by atoms with Crippen LogP contribution in [-0.2, 0) is 0 Å². The Morgan fingerprint density at radius 2 is 1.92 bits per heavy atom. The Labute approximate surface area is 83.6 Å². The molecule has 0 aromatic heterocycles. The summed E-state index contributed by atoms with van der Waals surface area (Å²) in [7, 11) is 0. The van der Waals surface area contributed by atoms with E-state index in [9.17, 15) is 0 Å². The minimum Gasteiger partial charge on any atom is -0.300 e. The number of halogens is 1. The standard InChI is InChI=1S/C10H18BrN/c11-8-9-4-3-7-12-6-2-1-5-10(9)12/h9-10H,1-8H2/t9-,10?/m0/s1. The maximum Gasteiger partial charge on any atom is 0.0131 e. The van der Waals surface area contributed by atoms with Gasteiger partial charge in [-0.1, -0.05) is 22.4 Å². The molecule has 2 heteroatoms. The van der Waals surface area contributed by atoms with Crippen LogP contribution in [0.15, 0.2) is 0 Å². The third-order valence-electron chi connectivity index (χ3n) is 3.43. The van der Waals surface area contributed by atoms with Crippen LogP contribution in [0.25, 0.3) is 0 Å². The van der Waals surface area contributed by atoms with Crippen molar-refractivity contribution in [1.29, 1.82) is 0 Å². The quantitative estimate of drug-likeness (QED) is 0.628. The van der Waals surface area contributed by atoms with E-state index in [1.165, 1.54) is 50.5 Å². The van der Waals surface area contributed by atoms with Crippen molar-refractivity contribution in [2.75, 3.05) is 18.4 Å². The molecule has 0 spiro atoms. The number of hydrogen-bond acceptors (Lipinski definition) is 1. The zero-order valence-electron chi connectivity index (χ0n) is 7.64. The molecule has 2 rings (SSSR count). The Balaban J connectivity index is 1.99. The Hall–Kier alpha value is 0.440. The van der Waals surface area contributed by atoms with Crippen LogP contribution in [0.1, 0.15) is 32.1 Å². The van der Waals surface area contributed by atoms with Crippen LogP contribution < -0.4 is 0 Å². The van der Waals surface area contributed by atoms with Gasteiger partial charge in [0.1, 0.15) is 0 Å². The topological polar surface area (TPSA) is 3.24 Å². The summed E-state index contributed by atoms with van der Waals surface area (Å²) >= 11 is 3.65. The smallest absolute Gasteiger partial charge is 0.0131 e. The molecular formula is C10H18BrN. The number of hydrogen-bond donors (Lipinski definition) is 0. The fourth-order valence-electron chi connectivity index (χ4n) is 2.76. The molecule has 0 N–H and O–H groups in total. The molecule has 2 aliphatic rings. The zero-order chi connectivity index (χ0) is 8.39. The van der Waals surface area contributed by atoms with Gasteiger partial charge in [-0.25, -0.2) is 0 Å². The zero-order valence-corrected chi connectivity index (χ0v) is 9.22. The molecule has 0 aromatic rings. The van der Waals surface area contributed by atoms with E-state index >= 15 is 0 Å². The average molecular weight is 232 g/mol. The Bertz CT molecular complexity index is 140. The van der Waals surface area contributed by atoms with Gasteiger partial charge in [-0.3, -0.25) is 0 Å². The molecule has 0 saturated carbocycles. The summed E-state index contributed by atoms with van der Waals surface area (Å²) in [6, 6.07) is 0.923. The van der Waals surface area contributed by atoms with Crippen LogP contribution in [0.2, 0.25) is 0 Å². The average Bonchev–Trinajstić information content (AvgIpc) is 2.17. The van der Waals surface area contributed by atoms with E-state index in [2.05, 4.69) is 20.8 Å². The monoisotopic (exact) mass is 231 g/mol. The van der Waals surface area contributed by atoms with E-state index in [0.29, 0.717) is 0 Å². The molecule has 2 aliphatic heterocycles. The van der Waals surface area contributed by atoms with Crippen molar-refractivity contribution in [3.63, 3.8) is 0 Å². The van der Waals surface area contributed by atoms with Gasteiger partial charge in [0.25, 0.3) is 0 Å². The maximum atomic E-state index is 3.65. The number of nitrogens with zero attached hydrogens (tertiary/aromatic N) is 1. The fraction of sp³-hybridized carbons (Fsp3) is 1.00. The molecule has 1 unspecified atom stereocenters. The summed E-state index contributed by atoms with van der Waals surface area (Å²) < 4.78 is 0. The summed E-state index contributed by atoms with van der Waals surface area (Å²) in [6.07, 6.45) is 7.23. The Morgan fingerprint density at radius 3 is 2.75 bits per heavy atom. The summed E-state index contributed by atoms with van der Waals surface area (Å²) in [5.74, 6) is 0.944. The maximum absolute atomic E-state index is 3.65. The van der Waals surface area contributed by atoms with Crippen molar-refractivity contribution in [2.45, 2.75) is 38.1 Å². The predicted octanol–water partition coefficient (Wildman–Crippen LogP) is 2.65. The van der Waals surface area contributed by atoms with Crippen LogP contribution in [-0.4, -0.2) is 29.4 Å². The first-order valence-corrected chi connectivity index (χ1v) is 6.34. The van der Waals surface area contributed by atoms with Crippen LogP contribution in [0.4, 0.5) is 0 Å². The molecule has 2 fully saturated rings. The summed E-state index contributed by atoms with van der Waals surface area (Å²) in [6.45, 7) is 2.74. The van der Waals surface area contributed by atoms with Crippen LogP contribution >= 0.6 is 15.9 Å². The molecule has 0 amide bonds. The lowest BCUT2D eigenvalue weighted by Crippen LogP contribution is -2.48. The van der Waals surface area contributed by atoms with E-state index in [0.717, 1.165) is 12.0 Å². The van der Waals surface area contributed by atoms with E-state index in [-0.39, 0.29) is 0 Å². The first-order chi connectivity index (χ1) is 5.92. The highest BCUT2D eigenvalue weighted by atomic mass is 79.9. The van der Waals surface area contributed by atoms with Gasteiger partial charge in [0, 0.05) is 11.4 Å². The number of fused-ring (bicyclic) bond motifs is 1. The third kappa shape index (κ3) is 1.69. The highest BCUT2D eigenvalue weighted by molar-refractivity contribution is 9.09. The van der Waals surface area contributed by atoms with Crippen LogP contribution in [0, 0.1) is 5.92 Å². The van der Waals surface area contributed by atoms with E-state index < -0.39 is 0 Å². The molecule has 2 atom stereocenters. The Morgan fingerprint density at radius 1 is 1.08 bits per heavy atom. The highest BCUT2D eigenvalue weighted by Gasteiger charge is 2.31. The summed E-state index contributed by atoms with van der Waals surface area (Å²) in [5.41, 5.74) is 0. The second-order valence-corrected chi connectivity index (χ2v) is 4.80. The summed E-state index contributed by atoms with van der Waals surface area (Å²) in [4.78, 5) is 2.72. The van der Waals surface area contributed by atoms with Gasteiger partial charge in [0.05, 0.1) is 0 Å². The normalized spacial score (nSPS) is 37.8. The third-order valence-corrected chi connectivity index (χ3v) is 4.26. The molecule has 2 saturated heterocycles. The van der Waals surface area contributed by atoms with Crippen molar-refractivity contribution >= 4 is 15.9 Å². The second-order valence-electron chi connectivity index (χ2n) is 4.16. The van der Waals surface area contributed by atoms with Gasteiger partial charge in [-0.2, -0.15) is 0 Å².